The molecule has 0 aromatic heterocycles. The van der Waals surface area contributed by atoms with E-state index >= 15 is 0 Å². The van der Waals surface area contributed by atoms with E-state index in [2.05, 4.69) is 27.3 Å². The van der Waals surface area contributed by atoms with Crippen LogP contribution in [0, 0.1) is 0 Å². The summed E-state index contributed by atoms with van der Waals surface area (Å²) in [6.07, 6.45) is 6.10. The van der Waals surface area contributed by atoms with Crippen molar-refractivity contribution in [1.29, 1.82) is 0 Å². The summed E-state index contributed by atoms with van der Waals surface area (Å²) in [5.41, 5.74) is 0. The topological polar surface area (TPSA) is 4.44 Å². The van der Waals surface area contributed by atoms with Crippen molar-refractivity contribution in [2.24, 2.45) is 0 Å². The molecular weight excluding hydrogens is 158 g/mol. The minimum atomic E-state index is 0. The monoisotopic (exact) mass is 175 g/mol. The number of rotatable bonds is 5. The van der Waals surface area contributed by atoms with Crippen LogP contribution in [-0.2, 0) is 0 Å². The van der Waals surface area contributed by atoms with Crippen LogP contribution in [0.2, 0.25) is 0 Å². The van der Waals surface area contributed by atoms with Gasteiger partial charge >= 0.3 is 0 Å². The molecule has 66 valence electrons. The van der Waals surface area contributed by atoms with Gasteiger partial charge in [0.2, 0.25) is 0 Å². The Morgan fingerprint density at radius 3 is 1.73 bits per heavy atom. The fraction of sp³-hybridized carbons (Fsp3) is 0.556. The average molecular weight is 176 g/mol. The van der Waals surface area contributed by atoms with Gasteiger partial charge in [0.1, 0.15) is 0 Å². The van der Waals surface area contributed by atoms with Crippen LogP contribution in [0.4, 0.5) is 0 Å². The quantitative estimate of drug-likeness (QED) is 0.447. The summed E-state index contributed by atoms with van der Waals surface area (Å²) in [7, 11) is 4.33. The van der Waals surface area contributed by atoms with E-state index in [1.54, 1.807) is 0 Å². The molecular formula is C9H18ClN. The zero-order valence-corrected chi connectivity index (χ0v) is 8.19. The van der Waals surface area contributed by atoms with Gasteiger partial charge in [0.05, 0.1) is 20.1 Å². The molecule has 0 spiro atoms. The molecule has 0 unspecified atom stereocenters. The van der Waals surface area contributed by atoms with Crippen LogP contribution in [0.5, 0.6) is 0 Å². The van der Waals surface area contributed by atoms with Gasteiger partial charge in [-0.05, 0) is 0 Å². The molecule has 0 rings (SSSR count). The normalized spacial score (nSPS) is 9.45. The molecule has 0 saturated heterocycles. The molecule has 0 aromatic rings. The Morgan fingerprint density at radius 1 is 1.18 bits per heavy atom. The largest absolute Gasteiger partial charge is 1.00 e. The first kappa shape index (κ1) is 13.3. The Morgan fingerprint density at radius 2 is 1.55 bits per heavy atom. The van der Waals surface area contributed by atoms with E-state index in [9.17, 15) is 0 Å². The van der Waals surface area contributed by atoms with Gasteiger partial charge in [0.25, 0.3) is 0 Å². The maximum absolute atomic E-state index is 3.72. The molecule has 0 bridgehead atoms. The van der Waals surface area contributed by atoms with Crippen molar-refractivity contribution in [3.05, 3.63) is 25.3 Å². The first-order valence-electron chi connectivity index (χ1n) is 3.74. The molecule has 11 heavy (non-hydrogen) atoms. The van der Waals surface area contributed by atoms with Gasteiger partial charge in [0, 0.05) is 12.8 Å². The van der Waals surface area contributed by atoms with Crippen molar-refractivity contribution in [3.8, 4) is 0 Å². The highest BCUT2D eigenvalue weighted by molar-refractivity contribution is 4.78. The molecule has 0 fully saturated rings. The van der Waals surface area contributed by atoms with Gasteiger partial charge in [-0.1, -0.05) is 12.2 Å². The highest BCUT2D eigenvalue weighted by Gasteiger charge is 2.09. The lowest BCUT2D eigenvalue weighted by molar-refractivity contribution is -0.885. The van der Waals surface area contributed by atoms with Crippen LogP contribution in [0.1, 0.15) is 12.8 Å². The van der Waals surface area contributed by atoms with E-state index < -0.39 is 0 Å². The first-order chi connectivity index (χ1) is 4.72. The molecule has 0 heterocycles. The Labute approximate surface area is 76.2 Å². The maximum Gasteiger partial charge on any atom is 0.0940 e. The number of hydrogen-bond acceptors (Lipinski definition) is 0. The van der Waals surface area contributed by atoms with E-state index in [0.29, 0.717) is 6.04 Å². The SMILES string of the molecule is C=CCC(CC=C)[NH+](C)C.[Cl-]. The minimum absolute atomic E-state index is 0. The van der Waals surface area contributed by atoms with Gasteiger partial charge < -0.3 is 17.3 Å². The summed E-state index contributed by atoms with van der Waals surface area (Å²) >= 11 is 0. The number of nitrogens with one attached hydrogen (secondary N) is 1. The van der Waals surface area contributed by atoms with Crippen molar-refractivity contribution < 1.29 is 17.3 Å². The minimum Gasteiger partial charge on any atom is -1.00 e. The summed E-state index contributed by atoms with van der Waals surface area (Å²) < 4.78 is 0. The second-order valence-corrected chi connectivity index (χ2v) is 2.82. The highest BCUT2D eigenvalue weighted by atomic mass is 35.5. The standard InChI is InChI=1S/C9H17N.ClH/c1-5-7-9(8-6-2)10(3)4;/h5-6,9H,1-2,7-8H2,3-4H3;1H. The fourth-order valence-electron chi connectivity index (χ4n) is 0.970. The zero-order valence-electron chi connectivity index (χ0n) is 7.44. The van der Waals surface area contributed by atoms with E-state index in [4.69, 9.17) is 0 Å². The number of halogens is 1. The third kappa shape index (κ3) is 6.14. The predicted molar refractivity (Wildman–Crippen MR) is 46.2 cm³/mol. The Balaban J connectivity index is 0. The molecule has 1 N–H and O–H groups in total. The molecule has 0 aromatic carbocycles. The van der Waals surface area contributed by atoms with E-state index in [1.165, 1.54) is 4.90 Å². The smallest absolute Gasteiger partial charge is 0.0940 e. The molecule has 1 nitrogen and oxygen atoms in total. The Kier molecular flexibility index (Phi) is 9.49. The van der Waals surface area contributed by atoms with Crippen LogP contribution >= 0.6 is 0 Å². The number of hydrogen-bond donors (Lipinski definition) is 1. The highest BCUT2D eigenvalue weighted by Crippen LogP contribution is 1.93. The maximum atomic E-state index is 3.72. The molecule has 0 aliphatic rings. The molecule has 0 aliphatic carbocycles. The Hall–Kier alpha value is -0.270. The van der Waals surface area contributed by atoms with Crippen LogP contribution < -0.4 is 17.3 Å². The molecule has 0 aliphatic heterocycles. The average Bonchev–Trinajstić information content (AvgIpc) is 1.87. The predicted octanol–water partition coefficient (Wildman–Crippen LogP) is -2.34. The lowest BCUT2D eigenvalue weighted by Crippen LogP contribution is -3.09. The van der Waals surface area contributed by atoms with Gasteiger partial charge in [-0.25, -0.2) is 0 Å². The summed E-state index contributed by atoms with van der Waals surface area (Å²) in [6, 6.07) is 0.662. The Bertz CT molecular complexity index is 100. The fourth-order valence-corrected chi connectivity index (χ4v) is 0.970. The van der Waals surface area contributed by atoms with Crippen molar-refractivity contribution in [2.45, 2.75) is 18.9 Å². The second kappa shape index (κ2) is 7.83. The molecule has 0 radical (unpaired) electrons. The third-order valence-electron chi connectivity index (χ3n) is 1.72. The van der Waals surface area contributed by atoms with Crippen LogP contribution in [0.15, 0.2) is 25.3 Å². The van der Waals surface area contributed by atoms with Gasteiger partial charge in [0.15, 0.2) is 0 Å². The summed E-state index contributed by atoms with van der Waals surface area (Å²) in [5.74, 6) is 0. The lowest BCUT2D eigenvalue weighted by Gasteiger charge is -2.17. The van der Waals surface area contributed by atoms with Crippen LogP contribution in [0.3, 0.4) is 0 Å². The van der Waals surface area contributed by atoms with Gasteiger partial charge in [-0.3, -0.25) is 0 Å². The van der Waals surface area contributed by atoms with E-state index in [0.717, 1.165) is 12.8 Å². The summed E-state index contributed by atoms with van der Waals surface area (Å²) in [5, 5.41) is 0. The molecule has 2 heteroatoms. The van der Waals surface area contributed by atoms with E-state index in [1.807, 2.05) is 12.2 Å². The summed E-state index contributed by atoms with van der Waals surface area (Å²) in [4.78, 5) is 1.47. The number of quaternary nitrogens is 1. The van der Waals surface area contributed by atoms with Gasteiger partial charge in [-0.15, -0.1) is 13.2 Å². The second-order valence-electron chi connectivity index (χ2n) is 2.82. The van der Waals surface area contributed by atoms with Crippen LogP contribution in [-0.4, -0.2) is 20.1 Å². The van der Waals surface area contributed by atoms with Crippen molar-refractivity contribution in [2.75, 3.05) is 14.1 Å². The zero-order chi connectivity index (χ0) is 7.98. The molecule has 0 amide bonds. The van der Waals surface area contributed by atoms with Gasteiger partial charge in [-0.2, -0.15) is 0 Å². The molecule has 0 atom stereocenters. The third-order valence-corrected chi connectivity index (χ3v) is 1.72. The van der Waals surface area contributed by atoms with E-state index in [-0.39, 0.29) is 12.4 Å². The lowest BCUT2D eigenvalue weighted by atomic mass is 10.1. The van der Waals surface area contributed by atoms with Crippen LogP contribution in [0.25, 0.3) is 0 Å². The van der Waals surface area contributed by atoms with Crippen molar-refractivity contribution in [1.82, 2.24) is 0 Å². The summed E-state index contributed by atoms with van der Waals surface area (Å²) in [6.45, 7) is 7.44. The van der Waals surface area contributed by atoms with Crippen molar-refractivity contribution >= 4 is 0 Å². The molecule has 0 saturated carbocycles. The van der Waals surface area contributed by atoms with Crippen molar-refractivity contribution in [3.63, 3.8) is 0 Å². The first-order valence-corrected chi connectivity index (χ1v) is 3.74.